The molecule has 0 saturated heterocycles. The van der Waals surface area contributed by atoms with Crippen LogP contribution in [0.4, 0.5) is 0 Å². The minimum atomic E-state index is -0.0875. The quantitative estimate of drug-likeness (QED) is 0.769. The second kappa shape index (κ2) is 4.66. The summed E-state index contributed by atoms with van der Waals surface area (Å²) in [5.41, 5.74) is 2.41. The van der Waals surface area contributed by atoms with Crippen molar-refractivity contribution in [1.82, 2.24) is 0 Å². The highest BCUT2D eigenvalue weighted by Crippen LogP contribution is 2.56. The number of ether oxygens (including phenoxy) is 1. The first-order chi connectivity index (χ1) is 9.18. The molecule has 2 nitrogen and oxygen atoms in total. The van der Waals surface area contributed by atoms with Gasteiger partial charge < -0.3 is 9.53 Å². The van der Waals surface area contributed by atoms with Crippen molar-refractivity contribution in [2.75, 3.05) is 7.11 Å². The molecular formula is C17H22O2. The van der Waals surface area contributed by atoms with Gasteiger partial charge >= 0.3 is 0 Å². The summed E-state index contributed by atoms with van der Waals surface area (Å²) in [5.74, 6) is 2.18. The summed E-state index contributed by atoms with van der Waals surface area (Å²) in [7, 11) is 1.71. The molecule has 0 aliphatic heterocycles. The van der Waals surface area contributed by atoms with E-state index in [1.165, 1.54) is 36.7 Å². The maximum Gasteiger partial charge on any atom is 0.126 e. The Hall–Kier alpha value is -1.31. The van der Waals surface area contributed by atoms with Crippen LogP contribution in [0.3, 0.4) is 0 Å². The highest BCUT2D eigenvalue weighted by molar-refractivity contribution is 5.63. The van der Waals surface area contributed by atoms with Gasteiger partial charge in [-0.25, -0.2) is 0 Å². The van der Waals surface area contributed by atoms with Gasteiger partial charge in [-0.05, 0) is 68.1 Å². The number of benzene rings is 1. The Balaban J connectivity index is 1.97. The molecule has 102 valence electrons. The molecule has 1 aromatic carbocycles. The Morgan fingerprint density at radius 2 is 2.05 bits per heavy atom. The molecule has 19 heavy (non-hydrogen) atoms. The third-order valence-corrected chi connectivity index (χ3v) is 5.36. The van der Waals surface area contributed by atoms with Crippen molar-refractivity contribution in [1.29, 1.82) is 0 Å². The van der Waals surface area contributed by atoms with Gasteiger partial charge in [-0.2, -0.15) is 0 Å². The van der Waals surface area contributed by atoms with Crippen LogP contribution in [-0.4, -0.2) is 13.4 Å². The number of hydrogen-bond acceptors (Lipinski definition) is 2. The fraction of sp³-hybridized carbons (Fsp3) is 0.588. The number of aryl methyl sites for hydroxylation is 1. The largest absolute Gasteiger partial charge is 0.496 e. The van der Waals surface area contributed by atoms with Gasteiger partial charge in [0.2, 0.25) is 0 Å². The number of carbonyl (C=O) groups excluding carboxylic acids is 1. The molecule has 0 heterocycles. The number of carbonyl (C=O) groups is 1. The van der Waals surface area contributed by atoms with Crippen molar-refractivity contribution >= 4 is 6.29 Å². The molecule has 2 bridgehead atoms. The van der Waals surface area contributed by atoms with Crippen molar-refractivity contribution in [3.63, 3.8) is 0 Å². The Kier molecular flexibility index (Phi) is 3.12. The summed E-state index contributed by atoms with van der Waals surface area (Å²) < 4.78 is 5.33. The van der Waals surface area contributed by atoms with Gasteiger partial charge in [0.15, 0.2) is 0 Å². The molecule has 0 radical (unpaired) electrons. The first kappa shape index (κ1) is 12.7. The van der Waals surface area contributed by atoms with Crippen LogP contribution in [0.5, 0.6) is 5.75 Å². The van der Waals surface area contributed by atoms with E-state index in [4.69, 9.17) is 4.74 Å². The number of fused-ring (bicyclic) bond motifs is 3. The monoisotopic (exact) mass is 258 g/mol. The number of hydrogen-bond donors (Lipinski definition) is 0. The van der Waals surface area contributed by atoms with Crippen LogP contribution in [0.2, 0.25) is 0 Å². The van der Waals surface area contributed by atoms with Crippen molar-refractivity contribution in [3.05, 3.63) is 29.3 Å². The average molecular weight is 258 g/mol. The predicted molar refractivity (Wildman–Crippen MR) is 75.5 cm³/mol. The summed E-state index contributed by atoms with van der Waals surface area (Å²) >= 11 is 0. The minimum absolute atomic E-state index is 0.0875. The summed E-state index contributed by atoms with van der Waals surface area (Å²) in [6.45, 7) is 2.08. The van der Waals surface area contributed by atoms with E-state index in [1.807, 2.05) is 6.07 Å². The molecule has 1 atom stereocenters. The van der Waals surface area contributed by atoms with E-state index in [2.05, 4.69) is 19.1 Å². The second-order valence-electron chi connectivity index (χ2n) is 6.31. The normalized spacial score (nSPS) is 33.2. The lowest BCUT2D eigenvalue weighted by Gasteiger charge is -2.49. The van der Waals surface area contributed by atoms with E-state index in [-0.39, 0.29) is 5.41 Å². The van der Waals surface area contributed by atoms with Gasteiger partial charge in [0.1, 0.15) is 12.0 Å². The van der Waals surface area contributed by atoms with Gasteiger partial charge in [-0.15, -0.1) is 0 Å². The van der Waals surface area contributed by atoms with Crippen LogP contribution < -0.4 is 4.74 Å². The molecule has 0 aromatic heterocycles. The fourth-order valence-electron chi connectivity index (χ4n) is 4.15. The predicted octanol–water partition coefficient (Wildman–Crippen LogP) is 3.87. The van der Waals surface area contributed by atoms with E-state index >= 15 is 0 Å². The van der Waals surface area contributed by atoms with Gasteiger partial charge in [-0.1, -0.05) is 12.1 Å². The summed E-state index contributed by atoms with van der Waals surface area (Å²) in [4.78, 5) is 11.7. The van der Waals surface area contributed by atoms with Crippen LogP contribution in [0.1, 0.15) is 49.1 Å². The molecule has 1 unspecified atom stereocenters. The number of rotatable bonds is 3. The first-order valence-corrected chi connectivity index (χ1v) is 7.29. The zero-order chi connectivity index (χ0) is 13.5. The fourth-order valence-corrected chi connectivity index (χ4v) is 4.15. The highest BCUT2D eigenvalue weighted by Gasteiger charge is 2.48. The zero-order valence-electron chi connectivity index (χ0n) is 11.8. The molecule has 0 N–H and O–H groups in total. The smallest absolute Gasteiger partial charge is 0.126 e. The van der Waals surface area contributed by atoms with E-state index in [1.54, 1.807) is 7.11 Å². The van der Waals surface area contributed by atoms with Gasteiger partial charge in [0, 0.05) is 5.41 Å². The Labute approximate surface area is 115 Å². The van der Waals surface area contributed by atoms with Crippen molar-refractivity contribution in [2.45, 2.75) is 44.9 Å². The zero-order valence-corrected chi connectivity index (χ0v) is 11.8. The maximum absolute atomic E-state index is 11.7. The topological polar surface area (TPSA) is 26.3 Å². The summed E-state index contributed by atoms with van der Waals surface area (Å²) in [6.07, 6.45) is 7.08. The molecule has 0 amide bonds. The van der Waals surface area contributed by atoms with Crippen LogP contribution in [0, 0.1) is 18.3 Å². The van der Waals surface area contributed by atoms with E-state index < -0.39 is 0 Å². The molecule has 1 aromatic rings. The van der Waals surface area contributed by atoms with Crippen LogP contribution in [0.25, 0.3) is 0 Å². The molecule has 3 aliphatic carbocycles. The third-order valence-electron chi connectivity index (χ3n) is 5.36. The molecule has 2 heteroatoms. The van der Waals surface area contributed by atoms with Crippen LogP contribution in [0.15, 0.2) is 18.2 Å². The second-order valence-corrected chi connectivity index (χ2v) is 6.31. The van der Waals surface area contributed by atoms with Crippen molar-refractivity contribution in [2.24, 2.45) is 11.3 Å². The van der Waals surface area contributed by atoms with Gasteiger partial charge in [0.05, 0.1) is 7.11 Å². The lowest BCUT2D eigenvalue weighted by molar-refractivity contribution is -0.123. The average Bonchev–Trinajstić information content (AvgIpc) is 2.48. The number of aldehydes is 1. The standard InChI is InChI=1S/C17H22O2/c1-12-9-14(3-4-16(12)19-2)15-10-13-5-7-17(15,11-18)8-6-13/h3-4,9,11,13,15H,5-8,10H2,1-2H3. The SMILES string of the molecule is COc1ccc(C2CC3CCC2(C=O)CC3)cc1C. The molecule has 0 spiro atoms. The molecule has 3 fully saturated rings. The van der Waals surface area contributed by atoms with Crippen molar-refractivity contribution < 1.29 is 9.53 Å². The van der Waals surface area contributed by atoms with Crippen molar-refractivity contribution in [3.8, 4) is 5.75 Å². The van der Waals surface area contributed by atoms with E-state index in [0.717, 1.165) is 24.5 Å². The van der Waals surface area contributed by atoms with Crippen LogP contribution >= 0.6 is 0 Å². The molecule has 3 saturated carbocycles. The Morgan fingerprint density at radius 3 is 2.63 bits per heavy atom. The lowest BCUT2D eigenvalue weighted by Crippen LogP contribution is -2.41. The summed E-state index contributed by atoms with van der Waals surface area (Å²) in [5, 5.41) is 0. The lowest BCUT2D eigenvalue weighted by atomic mass is 9.54. The highest BCUT2D eigenvalue weighted by atomic mass is 16.5. The summed E-state index contributed by atoms with van der Waals surface area (Å²) in [6, 6.07) is 6.42. The Morgan fingerprint density at radius 1 is 1.32 bits per heavy atom. The number of methoxy groups -OCH3 is 1. The molecule has 3 aliphatic rings. The molecule has 4 rings (SSSR count). The van der Waals surface area contributed by atoms with E-state index in [9.17, 15) is 4.79 Å². The van der Waals surface area contributed by atoms with E-state index in [0.29, 0.717) is 5.92 Å². The minimum Gasteiger partial charge on any atom is -0.496 e. The maximum atomic E-state index is 11.7. The first-order valence-electron chi connectivity index (χ1n) is 7.29. The molecular weight excluding hydrogens is 236 g/mol. The Bertz CT molecular complexity index is 484. The third kappa shape index (κ3) is 1.98. The van der Waals surface area contributed by atoms with Crippen LogP contribution in [-0.2, 0) is 4.79 Å². The van der Waals surface area contributed by atoms with Gasteiger partial charge in [-0.3, -0.25) is 0 Å². The van der Waals surface area contributed by atoms with Gasteiger partial charge in [0.25, 0.3) is 0 Å².